The largest absolute Gasteiger partial charge is 0.379 e. The van der Waals surface area contributed by atoms with Crippen molar-refractivity contribution >= 4 is 15.9 Å². The fourth-order valence-corrected chi connectivity index (χ4v) is 4.70. The third-order valence-electron chi connectivity index (χ3n) is 4.65. The first-order valence-corrected chi connectivity index (χ1v) is 10.4. The van der Waals surface area contributed by atoms with Crippen molar-refractivity contribution in [2.24, 2.45) is 0 Å². The number of carbonyl (C=O) groups is 1. The average Bonchev–Trinajstić information content (AvgIpc) is 2.69. The average molecular weight is 388 g/mol. The Balaban J connectivity index is 1.71. The van der Waals surface area contributed by atoms with Gasteiger partial charge in [-0.15, -0.1) is 0 Å². The second-order valence-corrected chi connectivity index (χ2v) is 8.41. The zero-order chi connectivity index (χ0) is 19.3. The van der Waals surface area contributed by atoms with Crippen molar-refractivity contribution in [3.8, 4) is 0 Å². The molecule has 0 aromatic heterocycles. The van der Waals surface area contributed by atoms with Gasteiger partial charge in [0.2, 0.25) is 15.9 Å². The molecule has 0 bridgehead atoms. The Morgan fingerprint density at radius 2 is 1.67 bits per heavy atom. The van der Waals surface area contributed by atoms with E-state index in [9.17, 15) is 13.2 Å². The fourth-order valence-electron chi connectivity index (χ4n) is 3.07. The van der Waals surface area contributed by atoms with E-state index in [4.69, 9.17) is 4.74 Å². The molecule has 1 amide bonds. The number of benzene rings is 2. The van der Waals surface area contributed by atoms with Crippen LogP contribution >= 0.6 is 0 Å². The molecule has 3 rings (SSSR count). The van der Waals surface area contributed by atoms with Gasteiger partial charge in [-0.25, -0.2) is 8.42 Å². The second kappa shape index (κ2) is 8.65. The van der Waals surface area contributed by atoms with Gasteiger partial charge in [-0.05, 0) is 29.7 Å². The van der Waals surface area contributed by atoms with Gasteiger partial charge in [0.15, 0.2) is 0 Å². The van der Waals surface area contributed by atoms with Crippen LogP contribution in [0.2, 0.25) is 0 Å². The van der Waals surface area contributed by atoms with Gasteiger partial charge in [-0.1, -0.05) is 42.5 Å². The summed E-state index contributed by atoms with van der Waals surface area (Å²) in [6.45, 7) is 3.62. The first kappa shape index (κ1) is 19.5. The van der Waals surface area contributed by atoms with Crippen LogP contribution in [0, 0.1) is 6.92 Å². The summed E-state index contributed by atoms with van der Waals surface area (Å²) in [7, 11) is -3.60. The molecule has 0 atom stereocenters. The van der Waals surface area contributed by atoms with Crippen molar-refractivity contribution in [3.05, 3.63) is 65.2 Å². The summed E-state index contributed by atoms with van der Waals surface area (Å²) in [5.74, 6) is -0.136. The maximum Gasteiger partial charge on any atom is 0.243 e. The van der Waals surface area contributed by atoms with E-state index in [-0.39, 0.29) is 23.8 Å². The van der Waals surface area contributed by atoms with Crippen molar-refractivity contribution in [2.45, 2.75) is 24.8 Å². The Morgan fingerprint density at radius 1 is 1.04 bits per heavy atom. The summed E-state index contributed by atoms with van der Waals surface area (Å²) >= 11 is 0. The molecule has 27 heavy (non-hydrogen) atoms. The van der Waals surface area contributed by atoms with Crippen molar-refractivity contribution < 1.29 is 17.9 Å². The smallest absolute Gasteiger partial charge is 0.243 e. The maximum atomic E-state index is 12.9. The molecule has 1 saturated heterocycles. The number of nitrogens with one attached hydrogen (secondary N) is 1. The van der Waals surface area contributed by atoms with Crippen LogP contribution < -0.4 is 5.32 Å². The molecule has 0 saturated carbocycles. The zero-order valence-electron chi connectivity index (χ0n) is 15.3. The monoisotopic (exact) mass is 388 g/mol. The van der Waals surface area contributed by atoms with Crippen LogP contribution in [-0.4, -0.2) is 44.9 Å². The Hall–Kier alpha value is -2.22. The Kier molecular flexibility index (Phi) is 6.26. The van der Waals surface area contributed by atoms with E-state index in [1.165, 1.54) is 4.31 Å². The lowest BCUT2D eigenvalue weighted by Gasteiger charge is -2.27. The third kappa shape index (κ3) is 4.74. The van der Waals surface area contributed by atoms with Crippen LogP contribution in [0.25, 0.3) is 0 Å². The Bertz CT molecular complexity index is 906. The molecule has 6 nitrogen and oxygen atoms in total. The zero-order valence-corrected chi connectivity index (χ0v) is 16.2. The number of ether oxygens (including phenoxy) is 1. The van der Waals surface area contributed by atoms with Crippen LogP contribution in [0.15, 0.2) is 53.4 Å². The van der Waals surface area contributed by atoms with Crippen LogP contribution in [0.5, 0.6) is 0 Å². The predicted molar refractivity (Wildman–Crippen MR) is 103 cm³/mol. The van der Waals surface area contributed by atoms with Gasteiger partial charge in [0.05, 0.1) is 24.5 Å². The highest BCUT2D eigenvalue weighted by Gasteiger charge is 2.28. The number of aryl methyl sites for hydroxylation is 1. The van der Waals surface area contributed by atoms with E-state index in [1.54, 1.807) is 24.3 Å². The molecular formula is C20H24N2O4S. The summed E-state index contributed by atoms with van der Waals surface area (Å²) in [6.07, 6.45) is 0.269. The van der Waals surface area contributed by atoms with Crippen LogP contribution in [-0.2, 0) is 32.5 Å². The Morgan fingerprint density at radius 3 is 2.37 bits per heavy atom. The van der Waals surface area contributed by atoms with Crippen molar-refractivity contribution in [1.29, 1.82) is 0 Å². The van der Waals surface area contributed by atoms with E-state index in [2.05, 4.69) is 5.32 Å². The van der Waals surface area contributed by atoms with Crippen LogP contribution in [0.1, 0.15) is 16.7 Å². The quantitative estimate of drug-likeness (QED) is 0.820. The number of hydrogen-bond acceptors (Lipinski definition) is 4. The lowest BCUT2D eigenvalue weighted by Crippen LogP contribution is -2.41. The molecule has 1 aliphatic rings. The van der Waals surface area contributed by atoms with Gasteiger partial charge in [-0.2, -0.15) is 4.31 Å². The van der Waals surface area contributed by atoms with E-state index >= 15 is 0 Å². The van der Waals surface area contributed by atoms with E-state index in [0.29, 0.717) is 31.9 Å². The standard InChI is InChI=1S/C20H24N2O4S/c1-16-6-2-3-7-17(16)14-20(23)21-15-18-8-4-5-9-19(18)27(24,25)22-10-12-26-13-11-22/h2-9H,10-15H2,1H3,(H,21,23). The minimum atomic E-state index is -3.60. The number of hydrogen-bond donors (Lipinski definition) is 1. The lowest BCUT2D eigenvalue weighted by atomic mass is 10.1. The van der Waals surface area contributed by atoms with Gasteiger partial charge in [0, 0.05) is 19.6 Å². The van der Waals surface area contributed by atoms with E-state index < -0.39 is 10.0 Å². The molecule has 0 radical (unpaired) electrons. The number of carbonyl (C=O) groups excluding carboxylic acids is 1. The molecule has 0 unspecified atom stereocenters. The summed E-state index contributed by atoms with van der Waals surface area (Å²) in [5.41, 5.74) is 2.61. The second-order valence-electron chi connectivity index (χ2n) is 6.50. The third-order valence-corrected chi connectivity index (χ3v) is 6.65. The first-order chi connectivity index (χ1) is 13.0. The molecule has 144 valence electrons. The van der Waals surface area contributed by atoms with Crippen molar-refractivity contribution in [3.63, 3.8) is 0 Å². The number of amides is 1. The molecule has 0 aliphatic carbocycles. The van der Waals surface area contributed by atoms with Crippen LogP contribution in [0.4, 0.5) is 0 Å². The molecule has 1 fully saturated rings. The molecule has 1 N–H and O–H groups in total. The molecular weight excluding hydrogens is 364 g/mol. The van der Waals surface area contributed by atoms with Gasteiger partial charge in [-0.3, -0.25) is 4.79 Å². The predicted octanol–water partition coefficient (Wildman–Crippen LogP) is 1.87. The summed E-state index contributed by atoms with van der Waals surface area (Å²) in [6, 6.07) is 14.5. The Labute approximate surface area is 160 Å². The van der Waals surface area contributed by atoms with Gasteiger partial charge < -0.3 is 10.1 Å². The minimum absolute atomic E-state index is 0.136. The topological polar surface area (TPSA) is 75.7 Å². The number of nitrogens with zero attached hydrogens (tertiary/aromatic N) is 1. The van der Waals surface area contributed by atoms with E-state index in [1.807, 2.05) is 31.2 Å². The molecule has 2 aromatic rings. The lowest BCUT2D eigenvalue weighted by molar-refractivity contribution is -0.120. The first-order valence-electron chi connectivity index (χ1n) is 8.95. The SMILES string of the molecule is Cc1ccccc1CC(=O)NCc1ccccc1S(=O)(=O)N1CCOCC1. The number of rotatable bonds is 6. The summed E-state index contributed by atoms with van der Waals surface area (Å²) in [4.78, 5) is 12.6. The number of sulfonamides is 1. The van der Waals surface area contributed by atoms with E-state index in [0.717, 1.165) is 11.1 Å². The maximum absolute atomic E-state index is 12.9. The molecule has 1 heterocycles. The fraction of sp³-hybridized carbons (Fsp3) is 0.350. The van der Waals surface area contributed by atoms with Crippen LogP contribution in [0.3, 0.4) is 0 Å². The van der Waals surface area contributed by atoms with Crippen molar-refractivity contribution in [1.82, 2.24) is 9.62 Å². The van der Waals surface area contributed by atoms with Gasteiger partial charge in [0.25, 0.3) is 0 Å². The number of morpholine rings is 1. The van der Waals surface area contributed by atoms with Crippen molar-refractivity contribution in [2.75, 3.05) is 26.3 Å². The highest BCUT2D eigenvalue weighted by molar-refractivity contribution is 7.89. The normalized spacial score (nSPS) is 15.4. The highest BCUT2D eigenvalue weighted by atomic mass is 32.2. The molecule has 2 aromatic carbocycles. The minimum Gasteiger partial charge on any atom is -0.379 e. The molecule has 7 heteroatoms. The van der Waals surface area contributed by atoms with Gasteiger partial charge in [0.1, 0.15) is 0 Å². The molecule has 1 aliphatic heterocycles. The molecule has 0 spiro atoms. The summed E-state index contributed by atoms with van der Waals surface area (Å²) in [5, 5.41) is 2.84. The van der Waals surface area contributed by atoms with Gasteiger partial charge >= 0.3 is 0 Å². The highest BCUT2D eigenvalue weighted by Crippen LogP contribution is 2.21. The summed E-state index contributed by atoms with van der Waals surface area (Å²) < 4.78 is 32.6.